The SMILES string of the molecule is CC[C@H](C)[C@H](NC(=O)Cn1ccc2ccc(F)cc21)C(=O)O. The number of aliphatic carboxylic acids is 1. The third-order valence-electron chi connectivity index (χ3n) is 3.85. The summed E-state index contributed by atoms with van der Waals surface area (Å²) in [6.07, 6.45) is 2.33. The lowest BCUT2D eigenvalue weighted by Gasteiger charge is -2.20. The number of halogens is 1. The number of carboxylic acids is 1. The molecule has 0 bridgehead atoms. The second-order valence-corrected chi connectivity index (χ2v) is 5.42. The minimum Gasteiger partial charge on any atom is -0.480 e. The number of hydrogen-bond acceptors (Lipinski definition) is 2. The molecule has 22 heavy (non-hydrogen) atoms. The highest BCUT2D eigenvalue weighted by molar-refractivity contribution is 5.86. The second kappa shape index (κ2) is 6.60. The number of carbonyl (C=O) groups excluding carboxylic acids is 1. The fourth-order valence-corrected chi connectivity index (χ4v) is 2.35. The highest BCUT2D eigenvalue weighted by Crippen LogP contribution is 2.17. The first-order valence-electron chi connectivity index (χ1n) is 7.19. The molecule has 1 amide bonds. The Kier molecular flexibility index (Phi) is 4.80. The topological polar surface area (TPSA) is 71.3 Å². The number of carbonyl (C=O) groups is 2. The Balaban J connectivity index is 2.13. The van der Waals surface area contributed by atoms with Gasteiger partial charge in [-0.05, 0) is 35.6 Å². The number of nitrogens with one attached hydrogen (secondary N) is 1. The quantitative estimate of drug-likeness (QED) is 0.861. The van der Waals surface area contributed by atoms with E-state index in [4.69, 9.17) is 0 Å². The average molecular weight is 306 g/mol. The Labute approximate surface area is 127 Å². The monoisotopic (exact) mass is 306 g/mol. The van der Waals surface area contributed by atoms with E-state index in [1.165, 1.54) is 12.1 Å². The molecule has 2 N–H and O–H groups in total. The van der Waals surface area contributed by atoms with E-state index in [0.717, 1.165) is 5.39 Å². The van der Waals surface area contributed by atoms with E-state index >= 15 is 0 Å². The highest BCUT2D eigenvalue weighted by atomic mass is 19.1. The van der Waals surface area contributed by atoms with Crippen LogP contribution in [0.3, 0.4) is 0 Å². The van der Waals surface area contributed by atoms with Crippen molar-refractivity contribution >= 4 is 22.8 Å². The van der Waals surface area contributed by atoms with E-state index in [1.807, 2.05) is 6.92 Å². The van der Waals surface area contributed by atoms with Crippen LogP contribution in [-0.4, -0.2) is 27.6 Å². The van der Waals surface area contributed by atoms with Gasteiger partial charge in [0.2, 0.25) is 5.91 Å². The molecule has 2 aromatic rings. The van der Waals surface area contributed by atoms with Crippen molar-refractivity contribution in [1.82, 2.24) is 9.88 Å². The first-order valence-corrected chi connectivity index (χ1v) is 7.19. The Morgan fingerprint density at radius 1 is 1.36 bits per heavy atom. The van der Waals surface area contributed by atoms with Gasteiger partial charge >= 0.3 is 5.97 Å². The average Bonchev–Trinajstić information content (AvgIpc) is 2.86. The molecule has 0 radical (unpaired) electrons. The molecule has 0 aliphatic rings. The van der Waals surface area contributed by atoms with E-state index < -0.39 is 17.9 Å². The van der Waals surface area contributed by atoms with Crippen LogP contribution in [0.2, 0.25) is 0 Å². The molecule has 0 aliphatic carbocycles. The maximum absolute atomic E-state index is 13.3. The van der Waals surface area contributed by atoms with Gasteiger partial charge in [0.25, 0.3) is 0 Å². The number of carboxylic acid groups (broad SMARTS) is 1. The van der Waals surface area contributed by atoms with E-state index in [9.17, 15) is 19.1 Å². The van der Waals surface area contributed by atoms with Crippen LogP contribution in [-0.2, 0) is 16.1 Å². The summed E-state index contributed by atoms with van der Waals surface area (Å²) >= 11 is 0. The second-order valence-electron chi connectivity index (χ2n) is 5.42. The molecular weight excluding hydrogens is 287 g/mol. The maximum Gasteiger partial charge on any atom is 0.326 e. The summed E-state index contributed by atoms with van der Waals surface area (Å²) in [5.41, 5.74) is 0.602. The molecule has 6 heteroatoms. The van der Waals surface area contributed by atoms with Crippen LogP contribution in [0.4, 0.5) is 4.39 Å². The van der Waals surface area contributed by atoms with Gasteiger partial charge < -0.3 is 15.0 Å². The van der Waals surface area contributed by atoms with Crippen LogP contribution >= 0.6 is 0 Å². The molecule has 0 aliphatic heterocycles. The molecule has 0 spiro atoms. The van der Waals surface area contributed by atoms with Crippen LogP contribution in [0.5, 0.6) is 0 Å². The van der Waals surface area contributed by atoms with Gasteiger partial charge in [-0.15, -0.1) is 0 Å². The number of aromatic nitrogens is 1. The maximum atomic E-state index is 13.3. The molecule has 1 heterocycles. The number of fused-ring (bicyclic) bond motifs is 1. The fourth-order valence-electron chi connectivity index (χ4n) is 2.35. The number of benzene rings is 1. The van der Waals surface area contributed by atoms with Crippen LogP contribution in [0.25, 0.3) is 10.9 Å². The van der Waals surface area contributed by atoms with Crippen molar-refractivity contribution < 1.29 is 19.1 Å². The predicted octanol–water partition coefficient (Wildman–Crippen LogP) is 2.40. The standard InChI is InChI=1S/C16H19FN2O3/c1-3-10(2)15(16(21)22)18-14(20)9-19-7-6-11-4-5-12(17)8-13(11)19/h4-8,10,15H,3,9H2,1-2H3,(H,18,20)(H,21,22)/t10-,15-/m0/s1. The van der Waals surface area contributed by atoms with Gasteiger partial charge in [0.05, 0.1) is 5.52 Å². The van der Waals surface area contributed by atoms with Crippen molar-refractivity contribution in [2.24, 2.45) is 5.92 Å². The van der Waals surface area contributed by atoms with Gasteiger partial charge in [0.1, 0.15) is 18.4 Å². The molecule has 2 atom stereocenters. The summed E-state index contributed by atoms with van der Waals surface area (Å²) in [6.45, 7) is 3.60. The first kappa shape index (κ1) is 16.0. The largest absolute Gasteiger partial charge is 0.480 e. The minimum atomic E-state index is -1.05. The van der Waals surface area contributed by atoms with Gasteiger partial charge in [-0.1, -0.05) is 20.3 Å². The van der Waals surface area contributed by atoms with Crippen LogP contribution in [0, 0.1) is 11.7 Å². The van der Waals surface area contributed by atoms with Crippen molar-refractivity contribution in [3.8, 4) is 0 Å². The van der Waals surface area contributed by atoms with Crippen molar-refractivity contribution in [3.63, 3.8) is 0 Å². The molecule has 2 rings (SSSR count). The van der Waals surface area contributed by atoms with Crippen molar-refractivity contribution in [2.75, 3.05) is 0 Å². The third kappa shape index (κ3) is 3.44. The van der Waals surface area contributed by atoms with Crippen molar-refractivity contribution in [3.05, 3.63) is 36.3 Å². The zero-order valence-corrected chi connectivity index (χ0v) is 12.5. The van der Waals surface area contributed by atoms with Gasteiger partial charge in [-0.3, -0.25) is 4.79 Å². The Bertz CT molecular complexity index is 696. The van der Waals surface area contributed by atoms with Crippen LogP contribution in [0.15, 0.2) is 30.5 Å². The lowest BCUT2D eigenvalue weighted by atomic mass is 9.99. The lowest BCUT2D eigenvalue weighted by molar-refractivity contribution is -0.143. The first-order chi connectivity index (χ1) is 10.4. The highest BCUT2D eigenvalue weighted by Gasteiger charge is 2.25. The molecule has 0 saturated heterocycles. The summed E-state index contributed by atoms with van der Waals surface area (Å²) in [4.78, 5) is 23.3. The number of nitrogens with zero attached hydrogens (tertiary/aromatic N) is 1. The summed E-state index contributed by atoms with van der Waals surface area (Å²) in [7, 11) is 0. The van der Waals surface area contributed by atoms with Crippen LogP contribution in [0.1, 0.15) is 20.3 Å². The third-order valence-corrected chi connectivity index (χ3v) is 3.85. The number of hydrogen-bond donors (Lipinski definition) is 2. The molecule has 1 aromatic carbocycles. The summed E-state index contributed by atoms with van der Waals surface area (Å²) in [6, 6.07) is 5.21. The molecule has 5 nitrogen and oxygen atoms in total. The molecular formula is C16H19FN2O3. The number of amides is 1. The zero-order valence-electron chi connectivity index (χ0n) is 12.5. The normalized spacial score (nSPS) is 13.8. The Morgan fingerprint density at radius 3 is 2.73 bits per heavy atom. The molecule has 0 unspecified atom stereocenters. The molecule has 0 fully saturated rings. The van der Waals surface area contributed by atoms with E-state index in [-0.39, 0.29) is 18.3 Å². The summed E-state index contributed by atoms with van der Waals surface area (Å²) in [5.74, 6) is -2.00. The zero-order chi connectivity index (χ0) is 16.3. The molecule has 0 saturated carbocycles. The van der Waals surface area contributed by atoms with Gasteiger partial charge in [0, 0.05) is 6.20 Å². The Morgan fingerprint density at radius 2 is 2.09 bits per heavy atom. The van der Waals surface area contributed by atoms with Gasteiger partial charge in [0.15, 0.2) is 0 Å². The lowest BCUT2D eigenvalue weighted by Crippen LogP contribution is -2.46. The summed E-state index contributed by atoms with van der Waals surface area (Å²) < 4.78 is 14.9. The van der Waals surface area contributed by atoms with Gasteiger partial charge in [-0.2, -0.15) is 0 Å². The van der Waals surface area contributed by atoms with Crippen molar-refractivity contribution in [1.29, 1.82) is 0 Å². The minimum absolute atomic E-state index is 0.0484. The smallest absolute Gasteiger partial charge is 0.326 e. The van der Waals surface area contributed by atoms with Gasteiger partial charge in [-0.25, -0.2) is 9.18 Å². The molecule has 118 valence electrons. The Hall–Kier alpha value is -2.37. The predicted molar refractivity (Wildman–Crippen MR) is 80.9 cm³/mol. The van der Waals surface area contributed by atoms with E-state index in [0.29, 0.717) is 11.9 Å². The van der Waals surface area contributed by atoms with Crippen LogP contribution < -0.4 is 5.32 Å². The molecule has 1 aromatic heterocycles. The van der Waals surface area contributed by atoms with Crippen molar-refractivity contribution in [2.45, 2.75) is 32.9 Å². The summed E-state index contributed by atoms with van der Waals surface area (Å²) in [5, 5.41) is 12.5. The van der Waals surface area contributed by atoms with E-state index in [1.54, 1.807) is 29.8 Å². The number of rotatable bonds is 6. The van der Waals surface area contributed by atoms with E-state index in [2.05, 4.69) is 5.32 Å². The fraction of sp³-hybridized carbons (Fsp3) is 0.375.